The molecule has 0 saturated carbocycles. The predicted octanol–water partition coefficient (Wildman–Crippen LogP) is 5.45. The number of ether oxygens (including phenoxy) is 2. The lowest BCUT2D eigenvalue weighted by atomic mass is 10.2. The van der Waals surface area contributed by atoms with Crippen LogP contribution >= 0.6 is 23.4 Å². The second-order valence-corrected chi connectivity index (χ2v) is 8.15. The van der Waals surface area contributed by atoms with E-state index in [4.69, 9.17) is 26.1 Å². The van der Waals surface area contributed by atoms with Gasteiger partial charge >= 0.3 is 5.97 Å². The Bertz CT molecular complexity index is 1150. The van der Waals surface area contributed by atoms with Crippen LogP contribution in [0.4, 0.5) is 0 Å². The summed E-state index contributed by atoms with van der Waals surface area (Å²) in [6, 6.07) is 25.1. The SMILES string of the molecule is O=C(CSc1nc2ccccc2n1Cc1ccc(Cl)cc1)OCCOc1ccccc1. The number of aromatic nitrogens is 2. The molecule has 1 heterocycles. The van der Waals surface area contributed by atoms with Crippen LogP contribution in [0.25, 0.3) is 11.0 Å². The van der Waals surface area contributed by atoms with E-state index in [0.29, 0.717) is 18.2 Å². The van der Waals surface area contributed by atoms with E-state index in [1.54, 1.807) is 0 Å². The van der Waals surface area contributed by atoms with Gasteiger partial charge < -0.3 is 14.0 Å². The van der Waals surface area contributed by atoms with Gasteiger partial charge in [0.05, 0.1) is 23.3 Å². The third kappa shape index (κ3) is 5.81. The quantitative estimate of drug-likeness (QED) is 0.192. The smallest absolute Gasteiger partial charge is 0.316 e. The molecule has 3 aromatic carbocycles. The van der Waals surface area contributed by atoms with Crippen molar-refractivity contribution in [2.45, 2.75) is 11.7 Å². The number of carbonyl (C=O) groups excluding carboxylic acids is 1. The molecule has 7 heteroatoms. The maximum absolute atomic E-state index is 12.2. The van der Waals surface area contributed by atoms with Crippen molar-refractivity contribution >= 4 is 40.4 Å². The summed E-state index contributed by atoms with van der Waals surface area (Å²) in [5.41, 5.74) is 3.02. The van der Waals surface area contributed by atoms with Crippen molar-refractivity contribution in [2.24, 2.45) is 0 Å². The highest BCUT2D eigenvalue weighted by molar-refractivity contribution is 7.99. The summed E-state index contributed by atoms with van der Waals surface area (Å²) < 4.78 is 12.9. The molecular weight excluding hydrogens is 432 g/mol. The van der Waals surface area contributed by atoms with Crippen LogP contribution in [0.1, 0.15) is 5.56 Å². The minimum Gasteiger partial charge on any atom is -0.490 e. The maximum atomic E-state index is 12.2. The fourth-order valence-corrected chi connectivity index (χ4v) is 4.02. The number of hydrogen-bond acceptors (Lipinski definition) is 5. The molecule has 4 aromatic rings. The summed E-state index contributed by atoms with van der Waals surface area (Å²) in [5.74, 6) is 0.630. The topological polar surface area (TPSA) is 53.4 Å². The van der Waals surface area contributed by atoms with Gasteiger partial charge in [-0.25, -0.2) is 4.98 Å². The van der Waals surface area contributed by atoms with Crippen LogP contribution in [-0.2, 0) is 16.1 Å². The number of carbonyl (C=O) groups is 1. The molecule has 5 nitrogen and oxygen atoms in total. The van der Waals surface area contributed by atoms with E-state index in [1.165, 1.54) is 11.8 Å². The summed E-state index contributed by atoms with van der Waals surface area (Å²) in [6.45, 7) is 1.16. The summed E-state index contributed by atoms with van der Waals surface area (Å²) in [5, 5.41) is 1.47. The molecule has 4 rings (SSSR count). The molecule has 158 valence electrons. The number of imidazole rings is 1. The van der Waals surface area contributed by atoms with Gasteiger partial charge in [-0.2, -0.15) is 0 Å². The monoisotopic (exact) mass is 452 g/mol. The van der Waals surface area contributed by atoms with E-state index in [0.717, 1.165) is 27.5 Å². The van der Waals surface area contributed by atoms with Crippen molar-refractivity contribution in [3.05, 3.63) is 89.4 Å². The number of esters is 1. The number of para-hydroxylation sites is 3. The Morgan fingerprint density at radius 1 is 0.935 bits per heavy atom. The zero-order valence-electron chi connectivity index (χ0n) is 16.7. The summed E-state index contributed by atoms with van der Waals surface area (Å²) in [7, 11) is 0. The van der Waals surface area contributed by atoms with Crippen molar-refractivity contribution < 1.29 is 14.3 Å². The first-order valence-corrected chi connectivity index (χ1v) is 11.2. The van der Waals surface area contributed by atoms with E-state index in [-0.39, 0.29) is 18.3 Å². The highest BCUT2D eigenvalue weighted by Gasteiger charge is 2.14. The molecule has 0 bridgehead atoms. The van der Waals surface area contributed by atoms with Crippen LogP contribution in [0, 0.1) is 0 Å². The molecule has 0 atom stereocenters. The van der Waals surface area contributed by atoms with Crippen LogP contribution in [-0.4, -0.2) is 34.5 Å². The highest BCUT2D eigenvalue weighted by Crippen LogP contribution is 2.25. The third-order valence-corrected chi connectivity index (χ3v) is 5.75. The van der Waals surface area contributed by atoms with E-state index < -0.39 is 0 Å². The van der Waals surface area contributed by atoms with Crippen LogP contribution < -0.4 is 4.74 Å². The number of nitrogens with zero attached hydrogens (tertiary/aromatic N) is 2. The Hall–Kier alpha value is -2.96. The Kier molecular flexibility index (Phi) is 7.12. The second-order valence-electron chi connectivity index (χ2n) is 6.77. The molecular formula is C24H21ClN2O3S. The van der Waals surface area contributed by atoms with Gasteiger partial charge in [0.1, 0.15) is 19.0 Å². The minimum atomic E-state index is -0.299. The molecule has 0 amide bonds. The van der Waals surface area contributed by atoms with Gasteiger partial charge in [-0.15, -0.1) is 0 Å². The van der Waals surface area contributed by atoms with Crippen LogP contribution in [0.2, 0.25) is 5.02 Å². The fourth-order valence-electron chi connectivity index (χ4n) is 3.09. The average molecular weight is 453 g/mol. The normalized spacial score (nSPS) is 10.9. The molecule has 0 aliphatic rings. The number of halogens is 1. The van der Waals surface area contributed by atoms with Crippen molar-refractivity contribution in [3.63, 3.8) is 0 Å². The minimum absolute atomic E-state index is 0.176. The Morgan fingerprint density at radius 3 is 2.48 bits per heavy atom. The Labute approximate surface area is 190 Å². The van der Waals surface area contributed by atoms with Crippen LogP contribution in [0.3, 0.4) is 0 Å². The van der Waals surface area contributed by atoms with Crippen molar-refractivity contribution in [2.75, 3.05) is 19.0 Å². The van der Waals surface area contributed by atoms with E-state index in [1.807, 2.05) is 78.9 Å². The molecule has 0 spiro atoms. The highest BCUT2D eigenvalue weighted by atomic mass is 35.5. The average Bonchev–Trinajstić information content (AvgIpc) is 3.15. The van der Waals surface area contributed by atoms with E-state index in [9.17, 15) is 4.79 Å². The molecule has 0 radical (unpaired) electrons. The lowest BCUT2D eigenvalue weighted by molar-refractivity contribution is -0.141. The maximum Gasteiger partial charge on any atom is 0.316 e. The van der Waals surface area contributed by atoms with Gasteiger partial charge in [0.15, 0.2) is 5.16 Å². The lowest BCUT2D eigenvalue weighted by Crippen LogP contribution is -2.14. The molecule has 0 fully saturated rings. The zero-order chi connectivity index (χ0) is 21.5. The van der Waals surface area contributed by atoms with Crippen molar-refractivity contribution in [3.8, 4) is 5.75 Å². The molecule has 1 aromatic heterocycles. The standard InChI is InChI=1S/C24H21ClN2O3S/c25-19-12-10-18(11-13-19)16-27-22-9-5-4-8-21(22)26-24(27)31-17-23(28)30-15-14-29-20-6-2-1-3-7-20/h1-13H,14-17H2. The number of thioether (sulfide) groups is 1. The largest absolute Gasteiger partial charge is 0.490 e. The van der Waals surface area contributed by atoms with Crippen LogP contribution in [0.5, 0.6) is 5.75 Å². The molecule has 0 N–H and O–H groups in total. The Morgan fingerprint density at radius 2 is 1.68 bits per heavy atom. The molecule has 0 aliphatic carbocycles. The molecule has 0 aliphatic heterocycles. The second kappa shape index (κ2) is 10.4. The van der Waals surface area contributed by atoms with Crippen molar-refractivity contribution in [1.29, 1.82) is 0 Å². The third-order valence-electron chi connectivity index (χ3n) is 4.55. The van der Waals surface area contributed by atoms with Crippen molar-refractivity contribution in [1.82, 2.24) is 9.55 Å². The van der Waals surface area contributed by atoms with Gasteiger partial charge in [-0.3, -0.25) is 4.79 Å². The summed E-state index contributed by atoms with van der Waals surface area (Å²) in [4.78, 5) is 16.9. The number of hydrogen-bond donors (Lipinski definition) is 0. The van der Waals surface area contributed by atoms with Crippen LogP contribution in [0.15, 0.2) is 84.0 Å². The predicted molar refractivity (Wildman–Crippen MR) is 124 cm³/mol. The van der Waals surface area contributed by atoms with Gasteiger partial charge in [0, 0.05) is 5.02 Å². The first-order chi connectivity index (χ1) is 15.2. The molecule has 0 saturated heterocycles. The number of benzene rings is 3. The fraction of sp³-hybridized carbons (Fsp3) is 0.167. The summed E-state index contributed by atoms with van der Waals surface area (Å²) >= 11 is 7.38. The van der Waals surface area contributed by atoms with Gasteiger partial charge in [0.25, 0.3) is 0 Å². The first-order valence-electron chi connectivity index (χ1n) is 9.85. The number of rotatable bonds is 9. The van der Waals surface area contributed by atoms with E-state index in [2.05, 4.69) is 4.57 Å². The lowest BCUT2D eigenvalue weighted by Gasteiger charge is -2.10. The first kappa shape index (κ1) is 21.3. The van der Waals surface area contributed by atoms with E-state index >= 15 is 0 Å². The Balaban J connectivity index is 1.36. The van der Waals surface area contributed by atoms with Gasteiger partial charge in [0.2, 0.25) is 0 Å². The van der Waals surface area contributed by atoms with Gasteiger partial charge in [-0.05, 0) is 42.0 Å². The number of fused-ring (bicyclic) bond motifs is 1. The molecule has 0 unspecified atom stereocenters. The van der Waals surface area contributed by atoms with Gasteiger partial charge in [-0.1, -0.05) is 65.8 Å². The summed E-state index contributed by atoms with van der Waals surface area (Å²) in [6.07, 6.45) is 0. The molecule has 31 heavy (non-hydrogen) atoms. The zero-order valence-corrected chi connectivity index (χ0v) is 18.3.